The fourth-order valence-electron chi connectivity index (χ4n) is 4.85. The second-order valence-electron chi connectivity index (χ2n) is 9.72. The van der Waals surface area contributed by atoms with E-state index in [0.29, 0.717) is 11.1 Å². The van der Waals surface area contributed by atoms with E-state index in [2.05, 4.69) is 20.7 Å². The Balaban J connectivity index is 1.48. The van der Waals surface area contributed by atoms with Gasteiger partial charge in [0.25, 0.3) is 0 Å². The van der Waals surface area contributed by atoms with Crippen molar-refractivity contribution in [1.82, 2.24) is 30.4 Å². The number of benzene rings is 3. The molecule has 0 aliphatic heterocycles. The van der Waals surface area contributed by atoms with E-state index in [1.165, 1.54) is 71.6 Å². The summed E-state index contributed by atoms with van der Waals surface area (Å²) in [5.41, 5.74) is 1.12. The van der Waals surface area contributed by atoms with E-state index in [1.807, 2.05) is 0 Å². The van der Waals surface area contributed by atoms with E-state index in [4.69, 9.17) is 0 Å². The van der Waals surface area contributed by atoms with E-state index < -0.39 is 41.9 Å². The molecule has 8 nitrogen and oxygen atoms in total. The molecule has 0 spiro atoms. The maximum Gasteiger partial charge on any atom is 0.247 e. The Bertz CT molecular complexity index is 1470. The van der Waals surface area contributed by atoms with Gasteiger partial charge in [0.2, 0.25) is 17.6 Å². The summed E-state index contributed by atoms with van der Waals surface area (Å²) in [5, 5.41) is 15.0. The van der Waals surface area contributed by atoms with Crippen LogP contribution >= 0.6 is 0 Å². The third-order valence-corrected chi connectivity index (χ3v) is 6.88. The quantitative estimate of drug-likeness (QED) is 0.331. The lowest BCUT2D eigenvalue weighted by molar-refractivity contribution is -0.142. The van der Waals surface area contributed by atoms with Crippen LogP contribution in [-0.4, -0.2) is 43.0 Å². The van der Waals surface area contributed by atoms with Crippen LogP contribution in [0.3, 0.4) is 0 Å². The van der Waals surface area contributed by atoms with Gasteiger partial charge >= 0.3 is 0 Å². The first-order valence-corrected chi connectivity index (χ1v) is 13.0. The molecule has 206 valence electrons. The van der Waals surface area contributed by atoms with Crippen molar-refractivity contribution in [2.45, 2.75) is 50.9 Å². The highest BCUT2D eigenvalue weighted by Crippen LogP contribution is 2.27. The van der Waals surface area contributed by atoms with Crippen molar-refractivity contribution >= 4 is 11.8 Å². The fourth-order valence-corrected chi connectivity index (χ4v) is 4.85. The van der Waals surface area contributed by atoms with Gasteiger partial charge in [-0.15, -0.1) is 10.2 Å². The summed E-state index contributed by atoms with van der Waals surface area (Å²) in [6, 6.07) is 15.7. The number of amides is 2. The van der Waals surface area contributed by atoms with E-state index in [9.17, 15) is 22.8 Å². The highest BCUT2D eigenvalue weighted by atomic mass is 19.1. The van der Waals surface area contributed by atoms with Crippen molar-refractivity contribution in [3.8, 4) is 11.4 Å². The van der Waals surface area contributed by atoms with Crippen molar-refractivity contribution in [3.63, 3.8) is 0 Å². The molecule has 4 aromatic rings. The molecule has 0 saturated heterocycles. The Kier molecular flexibility index (Phi) is 8.18. The summed E-state index contributed by atoms with van der Waals surface area (Å²) >= 11 is 0. The minimum Gasteiger partial charge on any atom is -0.351 e. The number of rotatable bonds is 9. The number of carbonyl (C=O) groups is 2. The van der Waals surface area contributed by atoms with Crippen LogP contribution in [0, 0.1) is 17.5 Å². The van der Waals surface area contributed by atoms with Crippen LogP contribution in [-0.2, 0) is 22.7 Å². The van der Waals surface area contributed by atoms with Gasteiger partial charge in [0.1, 0.15) is 30.0 Å². The van der Waals surface area contributed by atoms with Crippen LogP contribution in [0.5, 0.6) is 0 Å². The van der Waals surface area contributed by atoms with Crippen LogP contribution < -0.4 is 5.32 Å². The topological polar surface area (TPSA) is 93.0 Å². The zero-order chi connectivity index (χ0) is 28.1. The largest absolute Gasteiger partial charge is 0.351 e. The Morgan fingerprint density at radius 2 is 1.57 bits per heavy atom. The highest BCUT2D eigenvalue weighted by Gasteiger charge is 2.34. The van der Waals surface area contributed by atoms with Crippen molar-refractivity contribution in [2.75, 3.05) is 0 Å². The number of aromatic nitrogens is 4. The average molecular weight is 549 g/mol. The second-order valence-corrected chi connectivity index (χ2v) is 9.72. The summed E-state index contributed by atoms with van der Waals surface area (Å²) in [7, 11) is 0. The van der Waals surface area contributed by atoms with Gasteiger partial charge in [0, 0.05) is 12.6 Å². The van der Waals surface area contributed by atoms with Gasteiger partial charge in [-0.1, -0.05) is 49.2 Å². The Hall–Kier alpha value is -4.54. The first-order valence-electron chi connectivity index (χ1n) is 13.0. The van der Waals surface area contributed by atoms with Crippen LogP contribution in [0.2, 0.25) is 0 Å². The first kappa shape index (κ1) is 27.0. The highest BCUT2D eigenvalue weighted by molar-refractivity contribution is 5.89. The summed E-state index contributed by atoms with van der Waals surface area (Å²) in [4.78, 5) is 29.9. The third kappa shape index (κ3) is 6.36. The summed E-state index contributed by atoms with van der Waals surface area (Å²) in [6.07, 6.45) is 3.64. The van der Waals surface area contributed by atoms with Gasteiger partial charge in [-0.2, -0.15) is 4.80 Å². The monoisotopic (exact) mass is 548 g/mol. The SMILES string of the molecule is O=C(NC1CCCC1)[C@@H](c1ccc(F)cc1)N(Cc1ccc(F)cc1)C(=O)Cn1nnc(-c2ccccc2F)n1. The standard InChI is InChI=1S/C29H27F3N6O2/c30-21-13-9-19(10-14-21)17-37(26(39)18-38-35-28(34-36-38)24-7-3-4-8-25(24)32)27(20-11-15-22(31)16-12-20)29(40)33-23-5-1-2-6-23/h3-4,7-16,23,27H,1-2,5-6,17-18H2,(H,33,40)/t27-/m1/s1. The zero-order valence-electron chi connectivity index (χ0n) is 21.5. The molecular weight excluding hydrogens is 521 g/mol. The maximum absolute atomic E-state index is 14.2. The smallest absolute Gasteiger partial charge is 0.247 e. The predicted octanol–water partition coefficient (Wildman–Crippen LogP) is 4.59. The van der Waals surface area contributed by atoms with E-state index in [0.717, 1.165) is 30.5 Å². The average Bonchev–Trinajstić information content (AvgIpc) is 3.63. The third-order valence-electron chi connectivity index (χ3n) is 6.88. The first-order chi connectivity index (χ1) is 19.4. The van der Waals surface area contributed by atoms with Gasteiger partial charge in [0.15, 0.2) is 0 Å². The number of hydrogen-bond donors (Lipinski definition) is 1. The number of tetrazole rings is 1. The molecule has 1 N–H and O–H groups in total. The lowest BCUT2D eigenvalue weighted by Crippen LogP contribution is -2.46. The fraction of sp³-hybridized carbons (Fsp3) is 0.276. The molecule has 1 fully saturated rings. The minimum atomic E-state index is -1.12. The number of hydrogen-bond acceptors (Lipinski definition) is 5. The van der Waals surface area contributed by atoms with Crippen molar-refractivity contribution in [1.29, 1.82) is 0 Å². The number of halogens is 3. The molecular formula is C29H27F3N6O2. The molecule has 3 aromatic carbocycles. The molecule has 0 radical (unpaired) electrons. The van der Waals surface area contributed by atoms with Crippen molar-refractivity contribution < 1.29 is 22.8 Å². The van der Waals surface area contributed by atoms with Crippen LogP contribution in [0.25, 0.3) is 11.4 Å². The van der Waals surface area contributed by atoms with Gasteiger partial charge < -0.3 is 10.2 Å². The Morgan fingerprint density at radius 3 is 2.25 bits per heavy atom. The Morgan fingerprint density at radius 1 is 0.925 bits per heavy atom. The maximum atomic E-state index is 14.2. The summed E-state index contributed by atoms with van der Waals surface area (Å²) in [5.74, 6) is -2.41. The second kappa shape index (κ2) is 12.1. The molecule has 1 aromatic heterocycles. The van der Waals surface area contributed by atoms with Gasteiger partial charge in [-0.3, -0.25) is 9.59 Å². The molecule has 0 bridgehead atoms. The molecule has 1 atom stereocenters. The lowest BCUT2D eigenvalue weighted by Gasteiger charge is -2.32. The number of nitrogens with zero attached hydrogens (tertiary/aromatic N) is 5. The van der Waals surface area contributed by atoms with Crippen molar-refractivity contribution in [2.24, 2.45) is 0 Å². The van der Waals surface area contributed by atoms with E-state index in [-0.39, 0.29) is 24.0 Å². The van der Waals surface area contributed by atoms with Crippen LogP contribution in [0.1, 0.15) is 42.9 Å². The van der Waals surface area contributed by atoms with Gasteiger partial charge in [0.05, 0.1) is 5.56 Å². The molecule has 40 heavy (non-hydrogen) atoms. The molecule has 0 unspecified atom stereocenters. The van der Waals surface area contributed by atoms with Gasteiger partial charge in [-0.05, 0) is 65.6 Å². The van der Waals surface area contributed by atoms with Crippen LogP contribution in [0.15, 0.2) is 72.8 Å². The molecule has 1 aliphatic carbocycles. The molecule has 1 heterocycles. The number of nitrogens with one attached hydrogen (secondary N) is 1. The molecule has 5 rings (SSSR count). The molecule has 11 heteroatoms. The van der Waals surface area contributed by atoms with Crippen molar-refractivity contribution in [3.05, 3.63) is 101 Å². The minimum absolute atomic E-state index is 0.00467. The zero-order valence-corrected chi connectivity index (χ0v) is 21.5. The predicted molar refractivity (Wildman–Crippen MR) is 140 cm³/mol. The Labute approximate surface area is 228 Å². The van der Waals surface area contributed by atoms with Gasteiger partial charge in [-0.25, -0.2) is 13.2 Å². The van der Waals surface area contributed by atoms with E-state index in [1.54, 1.807) is 6.07 Å². The number of carbonyl (C=O) groups excluding carboxylic acids is 2. The molecule has 1 aliphatic rings. The molecule has 2 amide bonds. The normalized spacial score (nSPS) is 14.2. The summed E-state index contributed by atoms with van der Waals surface area (Å²) < 4.78 is 41.7. The molecule has 1 saturated carbocycles. The summed E-state index contributed by atoms with van der Waals surface area (Å²) in [6.45, 7) is -0.453. The lowest BCUT2D eigenvalue weighted by atomic mass is 10.0. The van der Waals surface area contributed by atoms with Crippen LogP contribution in [0.4, 0.5) is 13.2 Å². The van der Waals surface area contributed by atoms with E-state index >= 15 is 0 Å².